The summed E-state index contributed by atoms with van der Waals surface area (Å²) >= 11 is 3.51. The number of benzene rings is 1. The molecule has 3 fully saturated rings. The highest BCUT2D eigenvalue weighted by molar-refractivity contribution is 9.10. The second kappa shape index (κ2) is 4.34. The molecule has 4 rings (SSSR count). The molecule has 2 nitrogen and oxygen atoms in total. The van der Waals surface area contributed by atoms with Crippen LogP contribution >= 0.6 is 15.9 Å². The molecule has 2 bridgehead atoms. The maximum Gasteiger partial charge on any atom is 0.226 e. The van der Waals surface area contributed by atoms with Gasteiger partial charge in [0.25, 0.3) is 0 Å². The van der Waals surface area contributed by atoms with Crippen LogP contribution in [0.3, 0.4) is 0 Å². The third kappa shape index (κ3) is 2.03. The van der Waals surface area contributed by atoms with Crippen molar-refractivity contribution in [1.29, 1.82) is 0 Å². The fourth-order valence-corrected chi connectivity index (χ4v) is 4.40. The lowest BCUT2D eigenvalue weighted by atomic mass is 10.1. The number of hydrogen-bond donors (Lipinski definition) is 0. The molecule has 3 heteroatoms. The zero-order valence-electron chi connectivity index (χ0n) is 10.9. The molecule has 1 aliphatic heterocycles. The number of fused-ring (bicyclic) bond motifs is 2. The van der Waals surface area contributed by atoms with E-state index in [0.717, 1.165) is 23.4 Å². The van der Waals surface area contributed by atoms with Gasteiger partial charge in [0, 0.05) is 23.0 Å². The van der Waals surface area contributed by atoms with Crippen molar-refractivity contribution in [3.05, 3.63) is 34.3 Å². The van der Waals surface area contributed by atoms with Crippen molar-refractivity contribution in [3.63, 3.8) is 0 Å². The predicted molar refractivity (Wildman–Crippen MR) is 77.8 cm³/mol. The fourth-order valence-electron chi connectivity index (χ4n) is 3.98. The van der Waals surface area contributed by atoms with Crippen LogP contribution in [0.25, 0.3) is 0 Å². The Labute approximate surface area is 122 Å². The summed E-state index contributed by atoms with van der Waals surface area (Å²) in [5.74, 6) is 1.95. The van der Waals surface area contributed by atoms with Gasteiger partial charge in [0.2, 0.25) is 5.91 Å². The standard InChI is InChI=1S/C16H18BrNO/c17-12-3-1-2-11(7-12)14-8-15(14)16(19)18-9-10-4-5-13(18)6-10/h1-3,7,10,13-15H,4-6,8-9H2. The number of carbonyl (C=O) groups excluding carboxylic acids is 1. The first-order valence-corrected chi connectivity index (χ1v) is 8.07. The van der Waals surface area contributed by atoms with Gasteiger partial charge in [-0.05, 0) is 55.2 Å². The number of carbonyl (C=O) groups is 1. The minimum absolute atomic E-state index is 0.258. The Hall–Kier alpha value is -0.830. The largest absolute Gasteiger partial charge is 0.339 e. The molecular weight excluding hydrogens is 302 g/mol. The Morgan fingerprint density at radius 1 is 1.26 bits per heavy atom. The molecule has 0 spiro atoms. The van der Waals surface area contributed by atoms with E-state index < -0.39 is 0 Å². The number of likely N-dealkylation sites (tertiary alicyclic amines) is 1. The maximum absolute atomic E-state index is 12.6. The van der Waals surface area contributed by atoms with Crippen LogP contribution in [0.15, 0.2) is 28.7 Å². The van der Waals surface area contributed by atoms with Gasteiger partial charge in [-0.2, -0.15) is 0 Å². The van der Waals surface area contributed by atoms with E-state index in [1.54, 1.807) is 0 Å². The number of nitrogens with zero attached hydrogens (tertiary/aromatic N) is 1. The number of piperidine rings is 1. The Morgan fingerprint density at radius 3 is 2.84 bits per heavy atom. The van der Waals surface area contributed by atoms with E-state index in [-0.39, 0.29) is 5.92 Å². The SMILES string of the molecule is O=C(C1CC1c1cccc(Br)c1)N1CC2CCC1C2. The van der Waals surface area contributed by atoms with Crippen LogP contribution in [0, 0.1) is 11.8 Å². The van der Waals surface area contributed by atoms with Crippen molar-refractivity contribution in [2.45, 2.75) is 37.6 Å². The van der Waals surface area contributed by atoms with Gasteiger partial charge in [0.15, 0.2) is 0 Å². The zero-order valence-corrected chi connectivity index (χ0v) is 12.5. The summed E-state index contributed by atoms with van der Waals surface area (Å²) in [5.41, 5.74) is 1.32. The van der Waals surface area contributed by atoms with Gasteiger partial charge in [-0.15, -0.1) is 0 Å². The molecule has 4 unspecified atom stereocenters. The highest BCUT2D eigenvalue weighted by Crippen LogP contribution is 2.50. The number of amides is 1. The summed E-state index contributed by atoms with van der Waals surface area (Å²) in [4.78, 5) is 14.8. The molecule has 1 amide bonds. The lowest BCUT2D eigenvalue weighted by molar-refractivity contribution is -0.134. The lowest BCUT2D eigenvalue weighted by Crippen LogP contribution is -2.38. The van der Waals surface area contributed by atoms with Gasteiger partial charge in [0.1, 0.15) is 0 Å². The molecule has 1 heterocycles. The van der Waals surface area contributed by atoms with Crippen molar-refractivity contribution in [2.24, 2.45) is 11.8 Å². The summed E-state index contributed by atoms with van der Waals surface area (Å²) in [6, 6.07) is 8.99. The van der Waals surface area contributed by atoms with Crippen molar-refractivity contribution in [1.82, 2.24) is 4.90 Å². The minimum Gasteiger partial charge on any atom is -0.339 e. The molecule has 1 saturated heterocycles. The molecule has 3 aliphatic rings. The second-order valence-corrected chi connectivity index (χ2v) is 7.24. The average molecular weight is 320 g/mol. The van der Waals surface area contributed by atoms with E-state index in [4.69, 9.17) is 0 Å². The van der Waals surface area contributed by atoms with Crippen LogP contribution in [0.1, 0.15) is 37.2 Å². The van der Waals surface area contributed by atoms with E-state index >= 15 is 0 Å². The summed E-state index contributed by atoms with van der Waals surface area (Å²) in [6.45, 7) is 1.03. The third-order valence-corrected chi connectivity index (χ3v) is 5.57. The highest BCUT2D eigenvalue weighted by Gasteiger charge is 2.50. The Balaban J connectivity index is 1.46. The monoisotopic (exact) mass is 319 g/mol. The Kier molecular flexibility index (Phi) is 2.73. The summed E-state index contributed by atoms with van der Waals surface area (Å²) in [7, 11) is 0. The van der Waals surface area contributed by atoms with E-state index in [0.29, 0.717) is 17.9 Å². The molecule has 0 aromatic heterocycles. The topological polar surface area (TPSA) is 20.3 Å². The molecule has 2 saturated carbocycles. The molecule has 100 valence electrons. The van der Waals surface area contributed by atoms with E-state index in [1.807, 2.05) is 6.07 Å². The van der Waals surface area contributed by atoms with Crippen molar-refractivity contribution < 1.29 is 4.79 Å². The first-order chi connectivity index (χ1) is 9.22. The van der Waals surface area contributed by atoms with Crippen LogP contribution in [-0.4, -0.2) is 23.4 Å². The van der Waals surface area contributed by atoms with Gasteiger partial charge in [-0.3, -0.25) is 4.79 Å². The first-order valence-electron chi connectivity index (χ1n) is 7.28. The van der Waals surface area contributed by atoms with E-state index in [2.05, 4.69) is 39.0 Å². The maximum atomic E-state index is 12.6. The number of hydrogen-bond acceptors (Lipinski definition) is 1. The van der Waals surface area contributed by atoms with Gasteiger partial charge in [-0.1, -0.05) is 28.1 Å². The second-order valence-electron chi connectivity index (χ2n) is 6.33. The molecule has 0 radical (unpaired) electrons. The van der Waals surface area contributed by atoms with Gasteiger partial charge in [-0.25, -0.2) is 0 Å². The average Bonchev–Trinajstić information content (AvgIpc) is 2.93. The molecular formula is C16H18BrNO. The Bertz CT molecular complexity index is 529. The molecule has 0 N–H and O–H groups in total. The van der Waals surface area contributed by atoms with Gasteiger partial charge < -0.3 is 4.90 Å². The zero-order chi connectivity index (χ0) is 13.0. The molecule has 19 heavy (non-hydrogen) atoms. The van der Waals surface area contributed by atoms with Crippen molar-refractivity contribution in [3.8, 4) is 0 Å². The highest BCUT2D eigenvalue weighted by atomic mass is 79.9. The minimum atomic E-state index is 0.258. The normalized spacial score (nSPS) is 35.7. The van der Waals surface area contributed by atoms with Crippen molar-refractivity contribution >= 4 is 21.8 Å². The molecule has 4 atom stereocenters. The molecule has 1 aromatic rings. The van der Waals surface area contributed by atoms with E-state index in [1.165, 1.54) is 24.8 Å². The third-order valence-electron chi connectivity index (χ3n) is 5.08. The Morgan fingerprint density at radius 2 is 2.16 bits per heavy atom. The van der Waals surface area contributed by atoms with Gasteiger partial charge in [0.05, 0.1) is 0 Å². The quantitative estimate of drug-likeness (QED) is 0.816. The van der Waals surface area contributed by atoms with Crippen LogP contribution in [0.4, 0.5) is 0 Å². The van der Waals surface area contributed by atoms with Crippen LogP contribution in [0.2, 0.25) is 0 Å². The predicted octanol–water partition coefficient (Wildman–Crippen LogP) is 3.56. The van der Waals surface area contributed by atoms with Crippen molar-refractivity contribution in [2.75, 3.05) is 6.54 Å². The van der Waals surface area contributed by atoms with E-state index in [9.17, 15) is 4.79 Å². The summed E-state index contributed by atoms with van der Waals surface area (Å²) in [5, 5.41) is 0. The molecule has 2 aliphatic carbocycles. The summed E-state index contributed by atoms with van der Waals surface area (Å²) in [6.07, 6.45) is 4.89. The fraction of sp³-hybridized carbons (Fsp3) is 0.562. The van der Waals surface area contributed by atoms with Crippen LogP contribution in [-0.2, 0) is 4.79 Å². The first kappa shape index (κ1) is 12.0. The smallest absolute Gasteiger partial charge is 0.226 e. The summed E-state index contributed by atoms with van der Waals surface area (Å²) < 4.78 is 1.11. The lowest BCUT2D eigenvalue weighted by Gasteiger charge is -2.27. The number of rotatable bonds is 2. The van der Waals surface area contributed by atoms with Crippen LogP contribution in [0.5, 0.6) is 0 Å². The molecule has 1 aromatic carbocycles. The van der Waals surface area contributed by atoms with Gasteiger partial charge >= 0.3 is 0 Å². The number of halogens is 1. The van der Waals surface area contributed by atoms with Crippen LogP contribution < -0.4 is 0 Å².